The number of carbonyl (C=O) groups excluding carboxylic acids is 2. The number of thioether (sulfide) groups is 1. The van der Waals surface area contributed by atoms with E-state index in [1.807, 2.05) is 37.4 Å². The van der Waals surface area contributed by atoms with Crippen molar-refractivity contribution in [1.29, 1.82) is 0 Å². The summed E-state index contributed by atoms with van der Waals surface area (Å²) < 4.78 is 35.9. The van der Waals surface area contributed by atoms with Crippen LogP contribution in [0.4, 0.5) is 5.69 Å². The van der Waals surface area contributed by atoms with Crippen LogP contribution in [0.5, 0.6) is 5.75 Å². The zero-order valence-electron chi connectivity index (χ0n) is 23.7. The fourth-order valence-corrected chi connectivity index (χ4v) is 6.19. The standard InChI is InChI=1S/C30H36BrN3O5S2/c1-5-19-32-30(36)22(3)33(20-23-11-13-24(31)14-12-23)29(35)21-34(27-9-7-8-10-28(27)39-6-2)41(37,38)26-17-15-25(40-4)16-18-26/h7-18,22H,5-6,19-21H2,1-4H3,(H,32,36)/t22-/m0/s1. The zero-order chi connectivity index (χ0) is 30.0. The maximum absolute atomic E-state index is 14.1. The first kappa shape index (κ1) is 32.5. The molecule has 220 valence electrons. The molecule has 0 aromatic heterocycles. The zero-order valence-corrected chi connectivity index (χ0v) is 26.9. The van der Waals surface area contributed by atoms with E-state index < -0.39 is 28.5 Å². The highest BCUT2D eigenvalue weighted by atomic mass is 79.9. The summed E-state index contributed by atoms with van der Waals surface area (Å²) in [6.45, 7) is 5.77. The SMILES string of the molecule is CCCNC(=O)[C@H](C)N(Cc1ccc(Br)cc1)C(=O)CN(c1ccccc1OCC)S(=O)(=O)c1ccc(SC)cc1. The third-order valence-corrected chi connectivity index (χ3v) is 9.39. The predicted molar refractivity (Wildman–Crippen MR) is 168 cm³/mol. The number of benzene rings is 3. The van der Waals surface area contributed by atoms with E-state index >= 15 is 0 Å². The quantitative estimate of drug-likeness (QED) is 0.223. The summed E-state index contributed by atoms with van der Waals surface area (Å²) in [7, 11) is -4.20. The molecule has 3 aromatic carbocycles. The van der Waals surface area contributed by atoms with Crippen LogP contribution in [0.15, 0.2) is 87.1 Å². The highest BCUT2D eigenvalue weighted by Gasteiger charge is 2.33. The Labute approximate surface area is 255 Å². The van der Waals surface area contributed by atoms with Crippen molar-refractivity contribution >= 4 is 55.2 Å². The van der Waals surface area contributed by atoms with Gasteiger partial charge >= 0.3 is 0 Å². The minimum absolute atomic E-state index is 0.0441. The summed E-state index contributed by atoms with van der Waals surface area (Å²) in [6, 6.07) is 19.8. The number of nitrogens with zero attached hydrogens (tertiary/aromatic N) is 2. The number of carbonyl (C=O) groups is 2. The van der Waals surface area contributed by atoms with E-state index in [9.17, 15) is 18.0 Å². The first-order valence-corrected chi connectivity index (χ1v) is 16.8. The molecule has 2 amide bonds. The Hall–Kier alpha value is -3.02. The summed E-state index contributed by atoms with van der Waals surface area (Å²) >= 11 is 4.92. The van der Waals surface area contributed by atoms with Crippen LogP contribution >= 0.6 is 27.7 Å². The Morgan fingerprint density at radius 3 is 2.27 bits per heavy atom. The van der Waals surface area contributed by atoms with Crippen LogP contribution < -0.4 is 14.4 Å². The average Bonchev–Trinajstić information content (AvgIpc) is 2.98. The lowest BCUT2D eigenvalue weighted by Crippen LogP contribution is -2.51. The van der Waals surface area contributed by atoms with Gasteiger partial charge in [-0.1, -0.05) is 47.1 Å². The summed E-state index contributed by atoms with van der Waals surface area (Å²) in [5, 5.41) is 2.85. The van der Waals surface area contributed by atoms with Gasteiger partial charge in [0.1, 0.15) is 18.3 Å². The smallest absolute Gasteiger partial charge is 0.264 e. The molecule has 3 aromatic rings. The maximum atomic E-state index is 14.1. The van der Waals surface area contributed by atoms with Gasteiger partial charge in [-0.05, 0) is 80.6 Å². The molecule has 1 N–H and O–H groups in total. The number of hydrogen-bond acceptors (Lipinski definition) is 6. The first-order chi connectivity index (χ1) is 19.6. The molecule has 0 aliphatic carbocycles. The Kier molecular flexibility index (Phi) is 12.1. The van der Waals surface area contributed by atoms with Crippen molar-refractivity contribution in [2.75, 3.05) is 30.3 Å². The lowest BCUT2D eigenvalue weighted by molar-refractivity contribution is -0.139. The van der Waals surface area contributed by atoms with Gasteiger partial charge in [0.25, 0.3) is 10.0 Å². The number of sulfonamides is 1. The molecule has 0 saturated heterocycles. The van der Waals surface area contributed by atoms with Crippen LogP contribution in [-0.4, -0.2) is 57.1 Å². The van der Waals surface area contributed by atoms with Crippen molar-refractivity contribution in [3.63, 3.8) is 0 Å². The van der Waals surface area contributed by atoms with E-state index in [1.54, 1.807) is 50.2 Å². The Bertz CT molecular complexity index is 1420. The largest absolute Gasteiger partial charge is 0.492 e. The molecular formula is C30H36BrN3O5S2. The van der Waals surface area contributed by atoms with Crippen molar-refractivity contribution in [2.45, 2.75) is 49.6 Å². The molecule has 3 rings (SSSR count). The topological polar surface area (TPSA) is 96.0 Å². The molecule has 0 spiro atoms. The highest BCUT2D eigenvalue weighted by Crippen LogP contribution is 2.33. The van der Waals surface area contributed by atoms with E-state index in [2.05, 4.69) is 21.2 Å². The number of halogens is 1. The molecule has 8 nitrogen and oxygen atoms in total. The summed E-state index contributed by atoms with van der Waals surface area (Å²) in [5.74, 6) is -0.503. The Balaban J connectivity index is 2.07. The summed E-state index contributed by atoms with van der Waals surface area (Å²) in [6.07, 6.45) is 2.65. The molecule has 1 atom stereocenters. The van der Waals surface area contributed by atoms with E-state index in [-0.39, 0.29) is 23.0 Å². The molecule has 0 fully saturated rings. The van der Waals surface area contributed by atoms with E-state index in [0.29, 0.717) is 18.9 Å². The van der Waals surface area contributed by atoms with Gasteiger partial charge in [-0.15, -0.1) is 11.8 Å². The van der Waals surface area contributed by atoms with E-state index in [1.165, 1.54) is 28.8 Å². The fourth-order valence-electron chi connectivity index (χ4n) is 4.09. The van der Waals surface area contributed by atoms with Gasteiger partial charge in [0, 0.05) is 22.5 Å². The maximum Gasteiger partial charge on any atom is 0.264 e. The van der Waals surface area contributed by atoms with Crippen molar-refractivity contribution in [3.05, 3.63) is 82.8 Å². The lowest BCUT2D eigenvalue weighted by atomic mass is 10.1. The van der Waals surface area contributed by atoms with Crippen LogP contribution in [0.1, 0.15) is 32.8 Å². The van der Waals surface area contributed by atoms with Crippen LogP contribution in [0.2, 0.25) is 0 Å². The van der Waals surface area contributed by atoms with Crippen molar-refractivity contribution in [3.8, 4) is 5.75 Å². The number of nitrogens with one attached hydrogen (secondary N) is 1. The second-order valence-electron chi connectivity index (χ2n) is 9.20. The normalized spacial score (nSPS) is 11.9. The first-order valence-electron chi connectivity index (χ1n) is 13.3. The van der Waals surface area contributed by atoms with Crippen LogP contribution in [0, 0.1) is 0 Å². The van der Waals surface area contributed by atoms with Gasteiger partial charge < -0.3 is 15.0 Å². The molecular weight excluding hydrogens is 626 g/mol. The van der Waals surface area contributed by atoms with Crippen LogP contribution in [-0.2, 0) is 26.2 Å². The molecule has 11 heteroatoms. The van der Waals surface area contributed by atoms with Gasteiger partial charge in [-0.2, -0.15) is 0 Å². The second-order valence-corrected chi connectivity index (χ2v) is 12.9. The van der Waals surface area contributed by atoms with E-state index in [0.717, 1.165) is 25.7 Å². The minimum atomic E-state index is -4.20. The number of rotatable bonds is 14. The third kappa shape index (κ3) is 8.50. The summed E-state index contributed by atoms with van der Waals surface area (Å²) in [5.41, 5.74) is 1.04. The van der Waals surface area contributed by atoms with Gasteiger partial charge in [0.05, 0.1) is 17.2 Å². The monoisotopic (exact) mass is 661 g/mol. The molecule has 0 bridgehead atoms. The number of ether oxygens (including phenoxy) is 1. The Morgan fingerprint density at radius 1 is 1.00 bits per heavy atom. The number of para-hydroxylation sites is 2. The summed E-state index contributed by atoms with van der Waals surface area (Å²) in [4.78, 5) is 29.4. The molecule has 0 saturated carbocycles. The van der Waals surface area contributed by atoms with Crippen molar-refractivity contribution in [2.24, 2.45) is 0 Å². The molecule has 41 heavy (non-hydrogen) atoms. The van der Waals surface area contributed by atoms with Gasteiger partial charge in [-0.3, -0.25) is 13.9 Å². The van der Waals surface area contributed by atoms with Gasteiger partial charge in [0.2, 0.25) is 11.8 Å². The van der Waals surface area contributed by atoms with Gasteiger partial charge in [0.15, 0.2) is 0 Å². The number of hydrogen-bond donors (Lipinski definition) is 1. The molecule has 0 radical (unpaired) electrons. The van der Waals surface area contributed by atoms with Crippen molar-refractivity contribution < 1.29 is 22.7 Å². The molecule has 0 heterocycles. The predicted octanol–water partition coefficient (Wildman–Crippen LogP) is 5.71. The Morgan fingerprint density at radius 2 is 1.66 bits per heavy atom. The number of amides is 2. The molecule has 0 unspecified atom stereocenters. The second kappa shape index (κ2) is 15.3. The van der Waals surface area contributed by atoms with E-state index in [4.69, 9.17) is 4.74 Å². The average molecular weight is 663 g/mol. The highest BCUT2D eigenvalue weighted by molar-refractivity contribution is 9.10. The van der Waals surface area contributed by atoms with Crippen LogP contribution in [0.25, 0.3) is 0 Å². The lowest BCUT2D eigenvalue weighted by Gasteiger charge is -2.32. The van der Waals surface area contributed by atoms with Crippen molar-refractivity contribution in [1.82, 2.24) is 10.2 Å². The van der Waals surface area contributed by atoms with Gasteiger partial charge in [-0.25, -0.2) is 8.42 Å². The fraction of sp³-hybridized carbons (Fsp3) is 0.333. The number of anilines is 1. The molecule has 0 aliphatic rings. The van der Waals surface area contributed by atoms with Crippen LogP contribution in [0.3, 0.4) is 0 Å². The minimum Gasteiger partial charge on any atom is -0.492 e. The molecule has 0 aliphatic heterocycles. The third-order valence-electron chi connectivity index (χ3n) is 6.34.